The van der Waals surface area contributed by atoms with Crippen LogP contribution in [-0.4, -0.2) is 11.1 Å². The van der Waals surface area contributed by atoms with Gasteiger partial charge in [0, 0.05) is 12.5 Å². The lowest BCUT2D eigenvalue weighted by atomic mass is 10.1. The molecule has 0 atom stereocenters. The van der Waals surface area contributed by atoms with Gasteiger partial charge in [-0.1, -0.05) is 0 Å². The van der Waals surface area contributed by atoms with E-state index in [0.717, 1.165) is 5.56 Å². The molecule has 0 aliphatic carbocycles. The molecule has 0 saturated heterocycles. The Bertz CT molecular complexity index is 378. The lowest BCUT2D eigenvalue weighted by Crippen LogP contribution is -2.02. The number of carboxylic acid groups (broad SMARTS) is 1. The van der Waals surface area contributed by atoms with Crippen molar-refractivity contribution in [3.05, 3.63) is 33.9 Å². The third-order valence-corrected chi connectivity index (χ3v) is 1.96. The Morgan fingerprint density at radius 3 is 2.79 bits per heavy atom. The fourth-order valence-electron chi connectivity index (χ4n) is 1.23. The number of carboxylic acids is 1. The molecule has 4 heteroatoms. The Kier molecular flexibility index (Phi) is 3.45. The van der Waals surface area contributed by atoms with Crippen molar-refractivity contribution in [1.29, 1.82) is 0 Å². The van der Waals surface area contributed by atoms with Crippen LogP contribution in [0.3, 0.4) is 0 Å². The summed E-state index contributed by atoms with van der Waals surface area (Å²) >= 11 is 0. The zero-order chi connectivity index (χ0) is 10.6. The van der Waals surface area contributed by atoms with E-state index in [1.165, 1.54) is 6.07 Å². The smallest absolute Gasteiger partial charge is 0.335 e. The van der Waals surface area contributed by atoms with Gasteiger partial charge in [0.25, 0.3) is 0 Å². The number of rotatable bonds is 4. The highest BCUT2D eigenvalue weighted by Gasteiger charge is 2.02. The fourth-order valence-corrected chi connectivity index (χ4v) is 1.23. The Morgan fingerprint density at radius 1 is 1.50 bits per heavy atom. The Balaban J connectivity index is 2.59. The normalized spacial score (nSPS) is 10.1. The zero-order valence-electron chi connectivity index (χ0n) is 7.95. The predicted molar refractivity (Wildman–Crippen MR) is 50.3 cm³/mol. The van der Waals surface area contributed by atoms with E-state index in [1.807, 2.05) is 0 Å². The quantitative estimate of drug-likeness (QED) is 0.789. The van der Waals surface area contributed by atoms with Gasteiger partial charge in [0.05, 0.1) is 0 Å². The summed E-state index contributed by atoms with van der Waals surface area (Å²) in [6, 6.07) is 3.03. The maximum atomic E-state index is 10.8. The van der Waals surface area contributed by atoms with Crippen LogP contribution in [0.1, 0.15) is 24.2 Å². The summed E-state index contributed by atoms with van der Waals surface area (Å²) in [5.41, 5.74) is 0.523. The summed E-state index contributed by atoms with van der Waals surface area (Å²) in [5, 5.41) is 8.43. The van der Waals surface area contributed by atoms with Crippen LogP contribution in [0.25, 0.3) is 0 Å². The number of aryl methyl sites for hydroxylation is 2. The average Bonchev–Trinajstić information content (AvgIpc) is 2.08. The van der Waals surface area contributed by atoms with Gasteiger partial charge in [0.1, 0.15) is 5.76 Å². The summed E-state index contributed by atoms with van der Waals surface area (Å²) in [6.45, 7) is 1.71. The van der Waals surface area contributed by atoms with Crippen molar-refractivity contribution in [2.45, 2.75) is 26.2 Å². The molecule has 76 valence electrons. The van der Waals surface area contributed by atoms with Crippen LogP contribution in [0, 0.1) is 6.92 Å². The van der Waals surface area contributed by atoms with E-state index in [1.54, 1.807) is 13.0 Å². The first-order valence-electron chi connectivity index (χ1n) is 4.41. The maximum Gasteiger partial charge on any atom is 0.335 e. The average molecular weight is 196 g/mol. The molecule has 4 nitrogen and oxygen atoms in total. The lowest BCUT2D eigenvalue weighted by Gasteiger charge is -2.01. The molecular formula is C10H12O4. The van der Waals surface area contributed by atoms with E-state index < -0.39 is 5.97 Å². The van der Waals surface area contributed by atoms with Crippen molar-refractivity contribution in [3.63, 3.8) is 0 Å². The van der Waals surface area contributed by atoms with Crippen molar-refractivity contribution in [3.8, 4) is 0 Å². The van der Waals surface area contributed by atoms with Gasteiger partial charge < -0.3 is 9.52 Å². The van der Waals surface area contributed by atoms with Gasteiger partial charge in [-0.15, -0.1) is 0 Å². The SMILES string of the molecule is Cc1oc(=O)ccc1CCCC(=O)O. The summed E-state index contributed by atoms with van der Waals surface area (Å²) < 4.78 is 4.86. The number of hydrogen-bond donors (Lipinski definition) is 1. The molecule has 0 saturated carbocycles. The molecule has 0 bridgehead atoms. The van der Waals surface area contributed by atoms with Gasteiger partial charge in [-0.2, -0.15) is 0 Å². The predicted octanol–water partition coefficient (Wildman–Crippen LogP) is 1.36. The van der Waals surface area contributed by atoms with Crippen LogP contribution in [0.15, 0.2) is 21.3 Å². The van der Waals surface area contributed by atoms with Crippen LogP contribution in [0.2, 0.25) is 0 Å². The van der Waals surface area contributed by atoms with Gasteiger partial charge in [-0.05, 0) is 31.4 Å². The molecular weight excluding hydrogens is 184 g/mol. The van der Waals surface area contributed by atoms with Gasteiger partial charge >= 0.3 is 11.6 Å². The van der Waals surface area contributed by atoms with Crippen LogP contribution in [0.4, 0.5) is 0 Å². The van der Waals surface area contributed by atoms with Crippen molar-refractivity contribution in [2.75, 3.05) is 0 Å². The number of carbonyl (C=O) groups is 1. The summed E-state index contributed by atoms with van der Waals surface area (Å²) in [5.74, 6) is -0.233. The van der Waals surface area contributed by atoms with E-state index in [2.05, 4.69) is 0 Å². The fraction of sp³-hybridized carbons (Fsp3) is 0.400. The second-order valence-electron chi connectivity index (χ2n) is 3.08. The van der Waals surface area contributed by atoms with Gasteiger partial charge in [-0.25, -0.2) is 4.79 Å². The second-order valence-corrected chi connectivity index (χ2v) is 3.08. The molecule has 0 radical (unpaired) electrons. The van der Waals surface area contributed by atoms with Crippen molar-refractivity contribution < 1.29 is 14.3 Å². The van der Waals surface area contributed by atoms with Crippen LogP contribution in [-0.2, 0) is 11.2 Å². The molecule has 1 aromatic heterocycles. The minimum absolute atomic E-state index is 0.137. The van der Waals surface area contributed by atoms with Gasteiger partial charge in [0.2, 0.25) is 0 Å². The number of aliphatic carboxylic acids is 1. The van der Waals surface area contributed by atoms with E-state index in [-0.39, 0.29) is 12.0 Å². The lowest BCUT2D eigenvalue weighted by molar-refractivity contribution is -0.137. The van der Waals surface area contributed by atoms with Gasteiger partial charge in [0.15, 0.2) is 0 Å². The molecule has 0 aromatic carbocycles. The first-order chi connectivity index (χ1) is 6.59. The molecule has 0 aliphatic heterocycles. The number of hydrogen-bond acceptors (Lipinski definition) is 3. The molecule has 0 spiro atoms. The van der Waals surface area contributed by atoms with E-state index in [4.69, 9.17) is 9.52 Å². The molecule has 1 rings (SSSR count). The highest BCUT2D eigenvalue weighted by Crippen LogP contribution is 2.08. The molecule has 14 heavy (non-hydrogen) atoms. The first kappa shape index (κ1) is 10.5. The standard InChI is InChI=1S/C10H12O4/c1-7-8(3-2-4-9(11)12)5-6-10(13)14-7/h5-6H,2-4H2,1H3,(H,11,12). The molecule has 0 unspecified atom stereocenters. The third-order valence-electron chi connectivity index (χ3n) is 1.96. The second kappa shape index (κ2) is 4.60. The van der Waals surface area contributed by atoms with Crippen molar-refractivity contribution in [2.24, 2.45) is 0 Å². The summed E-state index contributed by atoms with van der Waals surface area (Å²) in [4.78, 5) is 21.0. The molecule has 0 fully saturated rings. The molecule has 0 amide bonds. The highest BCUT2D eigenvalue weighted by molar-refractivity contribution is 5.66. The van der Waals surface area contributed by atoms with E-state index in [0.29, 0.717) is 18.6 Å². The summed E-state index contributed by atoms with van der Waals surface area (Å²) in [6.07, 6.45) is 1.32. The molecule has 1 N–H and O–H groups in total. The molecule has 0 aliphatic rings. The van der Waals surface area contributed by atoms with Crippen LogP contribution in [0.5, 0.6) is 0 Å². The van der Waals surface area contributed by atoms with Crippen molar-refractivity contribution >= 4 is 5.97 Å². The monoisotopic (exact) mass is 196 g/mol. The minimum atomic E-state index is -0.806. The maximum absolute atomic E-state index is 10.8. The third kappa shape index (κ3) is 3.05. The zero-order valence-corrected chi connectivity index (χ0v) is 7.95. The van der Waals surface area contributed by atoms with E-state index >= 15 is 0 Å². The molecule has 1 heterocycles. The van der Waals surface area contributed by atoms with Crippen molar-refractivity contribution in [1.82, 2.24) is 0 Å². The summed E-state index contributed by atoms with van der Waals surface area (Å²) in [7, 11) is 0. The Morgan fingerprint density at radius 2 is 2.21 bits per heavy atom. The van der Waals surface area contributed by atoms with Crippen LogP contribution < -0.4 is 5.63 Å². The van der Waals surface area contributed by atoms with Gasteiger partial charge in [-0.3, -0.25) is 4.79 Å². The minimum Gasteiger partial charge on any atom is -0.481 e. The topological polar surface area (TPSA) is 67.5 Å². The van der Waals surface area contributed by atoms with E-state index in [9.17, 15) is 9.59 Å². The Hall–Kier alpha value is -1.58. The molecule has 1 aromatic rings. The largest absolute Gasteiger partial charge is 0.481 e. The first-order valence-corrected chi connectivity index (χ1v) is 4.41. The highest BCUT2D eigenvalue weighted by atomic mass is 16.4. The van der Waals surface area contributed by atoms with Crippen LogP contribution >= 0.6 is 0 Å². The Labute approximate surface area is 81.2 Å².